The summed E-state index contributed by atoms with van der Waals surface area (Å²) in [5, 5.41) is 56.5. The van der Waals surface area contributed by atoms with Gasteiger partial charge in [0.2, 0.25) is 5.79 Å². The van der Waals surface area contributed by atoms with Gasteiger partial charge in [0.1, 0.15) is 30.0 Å². The minimum atomic E-state index is -1.61. The van der Waals surface area contributed by atoms with Crippen LogP contribution in [-0.2, 0) is 22.7 Å². The maximum Gasteiger partial charge on any atom is 0.269 e. The molecule has 0 saturated heterocycles. The van der Waals surface area contributed by atoms with E-state index in [0.717, 1.165) is 24.0 Å². The van der Waals surface area contributed by atoms with Gasteiger partial charge in [-0.15, -0.1) is 6.58 Å². The maximum absolute atomic E-state index is 15.2. The number of non-ortho nitro benzene ring substituents is 1. The average Bonchev–Trinajstić information content (AvgIpc) is 3.29. The second-order valence-electron chi connectivity index (χ2n) is 16.2. The van der Waals surface area contributed by atoms with Crippen molar-refractivity contribution >= 4 is 17.3 Å². The van der Waals surface area contributed by atoms with Crippen molar-refractivity contribution in [3.05, 3.63) is 159 Å². The van der Waals surface area contributed by atoms with Gasteiger partial charge in [-0.2, -0.15) is 5.26 Å². The number of nitrogens with zero attached hydrogens (tertiary/aromatic N) is 4. The summed E-state index contributed by atoms with van der Waals surface area (Å²) >= 11 is 0. The van der Waals surface area contributed by atoms with Crippen LogP contribution in [0.15, 0.2) is 120 Å². The topological polar surface area (TPSA) is 188 Å². The molecule has 0 radical (unpaired) electrons. The molecular weight excluding hydrogens is 808 g/mol. The Balaban J connectivity index is 1.45. The van der Waals surface area contributed by atoms with E-state index < -0.39 is 34.4 Å². The first-order valence-corrected chi connectivity index (χ1v) is 21.3. The van der Waals surface area contributed by atoms with E-state index in [-0.39, 0.29) is 74.1 Å². The van der Waals surface area contributed by atoms with Gasteiger partial charge in [0.05, 0.1) is 34.8 Å². The Labute approximate surface area is 365 Å². The number of nitro benzene ring substituents is 1. The van der Waals surface area contributed by atoms with Gasteiger partial charge in [-0.05, 0) is 121 Å². The highest BCUT2D eigenvalue weighted by atomic mass is 19.1. The third-order valence-electron chi connectivity index (χ3n) is 12.4. The smallest absolute Gasteiger partial charge is 0.269 e. The molecule has 328 valence electrons. The zero-order valence-electron chi connectivity index (χ0n) is 34.9. The van der Waals surface area contributed by atoms with Crippen LogP contribution in [0.3, 0.4) is 0 Å². The molecular formula is C49H51FN4O9. The molecule has 1 saturated carbocycles. The summed E-state index contributed by atoms with van der Waals surface area (Å²) in [4.78, 5) is 33.8. The molecule has 1 heterocycles. The lowest BCUT2D eigenvalue weighted by Crippen LogP contribution is -2.70. The summed E-state index contributed by atoms with van der Waals surface area (Å²) in [6.07, 6.45) is 7.90. The SMILES string of the molecule is C=CCOC12Oc3ccc(O)cc3C3C(CCCCO)C(CCCCO)C=C(C(=NOCc4ccc([N+](=O)[O-])cc4)CC1N(Cc1ccc(F)cc1)C(=O)c1ccc(C#N)cc1)C32. The number of fused-ring (bicyclic) bond motifs is 2. The van der Waals surface area contributed by atoms with Crippen molar-refractivity contribution in [2.45, 2.75) is 75.8 Å². The zero-order chi connectivity index (χ0) is 44.5. The molecule has 4 aromatic rings. The lowest BCUT2D eigenvalue weighted by atomic mass is 9.55. The number of oxime groups is 1. The number of carbonyl (C=O) groups excluding carboxylic acids is 1. The predicted molar refractivity (Wildman–Crippen MR) is 232 cm³/mol. The van der Waals surface area contributed by atoms with Crippen molar-refractivity contribution in [3.63, 3.8) is 0 Å². The summed E-state index contributed by atoms with van der Waals surface area (Å²) in [5.41, 5.74) is 3.90. The molecule has 63 heavy (non-hydrogen) atoms. The molecule has 0 aromatic heterocycles. The monoisotopic (exact) mass is 858 g/mol. The molecule has 7 rings (SSSR count). The van der Waals surface area contributed by atoms with E-state index in [1.165, 1.54) is 24.3 Å². The second-order valence-corrected chi connectivity index (χ2v) is 16.2. The van der Waals surface area contributed by atoms with E-state index in [1.807, 2.05) is 0 Å². The number of aliphatic hydroxyl groups is 2. The van der Waals surface area contributed by atoms with Crippen LogP contribution < -0.4 is 4.74 Å². The standard InChI is InChI=1S/C49H51FN4O9/c1-2-25-61-49-45(53(30-33-11-17-37(50)18-12-33)48(58)35-15-9-32(29-51)10-16-35)28-43(52-62-31-34-13-19-38(20-14-34)54(59)60)41-26-36(7-3-5-23-55)40(8-4-6-24-56)46(47(41)49)42-27-39(57)21-22-44(42)63-49/h2,9-22,26-27,36,40,45-47,55-57H,1,3-8,23-25,28,30-31H2. The number of benzene rings is 4. The van der Waals surface area contributed by atoms with Gasteiger partial charge >= 0.3 is 0 Å². The van der Waals surface area contributed by atoms with Gasteiger partial charge in [0.25, 0.3) is 11.6 Å². The number of carbonyl (C=O) groups is 1. The molecule has 3 N–H and O–H groups in total. The average molecular weight is 859 g/mol. The van der Waals surface area contributed by atoms with Gasteiger partial charge in [-0.25, -0.2) is 4.39 Å². The lowest BCUT2D eigenvalue weighted by molar-refractivity contribution is -0.384. The summed E-state index contributed by atoms with van der Waals surface area (Å²) in [6.45, 7) is 4.02. The quantitative estimate of drug-likeness (QED) is 0.0357. The molecule has 3 aliphatic rings. The van der Waals surface area contributed by atoms with Crippen molar-refractivity contribution < 1.29 is 43.7 Å². The molecule has 4 aromatic carbocycles. The number of aromatic hydroxyl groups is 1. The molecule has 14 heteroatoms. The summed E-state index contributed by atoms with van der Waals surface area (Å²) in [5.74, 6) is -3.14. The molecule has 13 nitrogen and oxygen atoms in total. The number of aliphatic hydroxyl groups excluding tert-OH is 2. The highest BCUT2D eigenvalue weighted by Crippen LogP contribution is 2.62. The van der Waals surface area contributed by atoms with Crippen molar-refractivity contribution in [1.29, 1.82) is 5.26 Å². The van der Waals surface area contributed by atoms with Gasteiger partial charge in [-0.1, -0.05) is 42.3 Å². The number of halogens is 1. The van der Waals surface area contributed by atoms with Crippen molar-refractivity contribution in [1.82, 2.24) is 4.90 Å². The van der Waals surface area contributed by atoms with Crippen LogP contribution in [0.25, 0.3) is 0 Å². The van der Waals surface area contributed by atoms with Crippen LogP contribution in [0.5, 0.6) is 11.5 Å². The molecule has 6 unspecified atom stereocenters. The van der Waals surface area contributed by atoms with E-state index in [0.29, 0.717) is 53.8 Å². The van der Waals surface area contributed by atoms with Gasteiger partial charge < -0.3 is 34.5 Å². The van der Waals surface area contributed by atoms with Crippen LogP contribution in [-0.4, -0.2) is 68.4 Å². The fourth-order valence-electron chi connectivity index (χ4n) is 9.52. The van der Waals surface area contributed by atoms with E-state index in [9.17, 15) is 35.1 Å². The Morgan fingerprint density at radius 2 is 1.70 bits per heavy atom. The number of ether oxygens (including phenoxy) is 2. The number of nitriles is 1. The summed E-state index contributed by atoms with van der Waals surface area (Å²) in [7, 11) is 0. The number of unbranched alkanes of at least 4 members (excludes halogenated alkanes) is 2. The van der Waals surface area contributed by atoms with Crippen LogP contribution in [0, 0.1) is 45.0 Å². The third kappa shape index (κ3) is 9.66. The number of nitro groups is 1. The molecule has 2 aliphatic carbocycles. The molecule has 1 aliphatic heterocycles. The highest BCUT2D eigenvalue weighted by molar-refractivity contribution is 6.03. The van der Waals surface area contributed by atoms with E-state index in [1.54, 1.807) is 77.7 Å². The molecule has 1 fully saturated rings. The minimum absolute atomic E-state index is 0.00808. The number of rotatable bonds is 19. The van der Waals surface area contributed by atoms with Crippen LogP contribution in [0.1, 0.15) is 83.5 Å². The van der Waals surface area contributed by atoms with Crippen LogP contribution in [0.4, 0.5) is 10.1 Å². The number of allylic oxidation sites excluding steroid dienone is 1. The van der Waals surface area contributed by atoms with Crippen molar-refractivity contribution in [3.8, 4) is 17.6 Å². The fraction of sp³-hybridized carbons (Fsp3) is 0.367. The normalized spacial score (nSPS) is 22.7. The first-order valence-electron chi connectivity index (χ1n) is 21.3. The third-order valence-corrected chi connectivity index (χ3v) is 12.4. The Morgan fingerprint density at radius 3 is 2.37 bits per heavy atom. The van der Waals surface area contributed by atoms with Crippen LogP contribution >= 0.6 is 0 Å². The Kier molecular flexibility index (Phi) is 14.3. The molecule has 0 spiro atoms. The largest absolute Gasteiger partial charge is 0.508 e. The highest BCUT2D eigenvalue weighted by Gasteiger charge is 2.65. The maximum atomic E-state index is 15.2. The molecule has 0 bridgehead atoms. The summed E-state index contributed by atoms with van der Waals surface area (Å²) < 4.78 is 28.6. The number of hydrogen-bond acceptors (Lipinski definition) is 11. The van der Waals surface area contributed by atoms with Gasteiger partial charge in [-0.3, -0.25) is 14.9 Å². The van der Waals surface area contributed by atoms with Gasteiger partial charge in [0.15, 0.2) is 0 Å². The van der Waals surface area contributed by atoms with E-state index >= 15 is 4.79 Å². The van der Waals surface area contributed by atoms with Crippen LogP contribution in [0.2, 0.25) is 0 Å². The fourth-order valence-corrected chi connectivity index (χ4v) is 9.52. The minimum Gasteiger partial charge on any atom is -0.508 e. The van der Waals surface area contributed by atoms with Gasteiger partial charge in [0, 0.05) is 55.4 Å². The van der Waals surface area contributed by atoms with E-state index in [4.69, 9.17) is 19.5 Å². The van der Waals surface area contributed by atoms with Crippen molar-refractivity contribution in [2.24, 2.45) is 22.9 Å². The predicted octanol–water partition coefficient (Wildman–Crippen LogP) is 8.49. The second kappa shape index (κ2) is 20.2. The first kappa shape index (κ1) is 44.6. The van der Waals surface area contributed by atoms with E-state index in [2.05, 4.69) is 18.7 Å². The molecule has 1 amide bonds. The number of amides is 1. The Morgan fingerprint density at radius 1 is 1.00 bits per heavy atom. The van der Waals surface area contributed by atoms with Crippen molar-refractivity contribution in [2.75, 3.05) is 19.8 Å². The number of phenols is 1. The zero-order valence-corrected chi connectivity index (χ0v) is 34.9. The number of phenolic OH excluding ortho intramolecular Hbond substituents is 1. The Bertz CT molecular complexity index is 2360. The lowest BCUT2D eigenvalue weighted by Gasteiger charge is -2.60. The Hall–Kier alpha value is -6.40. The summed E-state index contributed by atoms with van der Waals surface area (Å²) in [6, 6.07) is 24.3. The first-order chi connectivity index (χ1) is 30.6. The molecule has 6 atom stereocenters. The number of hydrogen-bond donors (Lipinski definition) is 3.